The van der Waals surface area contributed by atoms with Gasteiger partial charge in [0.15, 0.2) is 18.1 Å². The second kappa shape index (κ2) is 7.63. The molecule has 2 aromatic rings. The topological polar surface area (TPSA) is 73.8 Å². The van der Waals surface area contributed by atoms with Crippen LogP contribution in [0.15, 0.2) is 42.6 Å². The van der Waals surface area contributed by atoms with E-state index in [4.69, 9.17) is 14.2 Å². The number of likely N-dealkylation sites (tertiary alicyclic amines) is 1. The summed E-state index contributed by atoms with van der Waals surface area (Å²) < 4.78 is 16.5. The van der Waals surface area contributed by atoms with Crippen molar-refractivity contribution in [1.82, 2.24) is 15.1 Å². The minimum atomic E-state index is -0.0776. The van der Waals surface area contributed by atoms with Crippen molar-refractivity contribution in [2.24, 2.45) is 0 Å². The minimum absolute atomic E-state index is 0.0295. The first kappa shape index (κ1) is 16.0. The summed E-state index contributed by atoms with van der Waals surface area (Å²) in [5.74, 6) is 1.56. The number of nitrogens with zero attached hydrogens (tertiary/aromatic N) is 3. The average Bonchev–Trinajstić information content (AvgIpc) is 3.09. The van der Waals surface area contributed by atoms with Crippen LogP contribution in [0.5, 0.6) is 17.4 Å². The zero-order chi connectivity index (χ0) is 16.8. The van der Waals surface area contributed by atoms with Gasteiger partial charge in [-0.25, -0.2) is 0 Å². The first-order chi connectivity index (χ1) is 11.8. The molecule has 7 heteroatoms. The van der Waals surface area contributed by atoms with E-state index in [-0.39, 0.29) is 18.6 Å². The predicted octanol–water partition coefficient (Wildman–Crippen LogP) is 1.54. The smallest absolute Gasteiger partial charge is 0.260 e. The van der Waals surface area contributed by atoms with Crippen molar-refractivity contribution in [1.29, 1.82) is 0 Å². The molecule has 1 aliphatic heterocycles. The van der Waals surface area contributed by atoms with E-state index >= 15 is 0 Å². The molecule has 1 aliphatic rings. The Morgan fingerprint density at radius 1 is 1.25 bits per heavy atom. The molecule has 1 amide bonds. The first-order valence-electron chi connectivity index (χ1n) is 7.74. The van der Waals surface area contributed by atoms with E-state index < -0.39 is 0 Å². The molecule has 1 fully saturated rings. The highest BCUT2D eigenvalue weighted by atomic mass is 16.5. The Kier molecular flexibility index (Phi) is 5.10. The van der Waals surface area contributed by atoms with Gasteiger partial charge in [-0.3, -0.25) is 4.79 Å². The van der Waals surface area contributed by atoms with E-state index in [1.807, 2.05) is 12.1 Å². The number of ether oxygens (including phenoxy) is 3. The molecule has 1 aromatic heterocycles. The van der Waals surface area contributed by atoms with E-state index in [2.05, 4.69) is 10.2 Å². The molecule has 2 heterocycles. The summed E-state index contributed by atoms with van der Waals surface area (Å²) in [5.41, 5.74) is 0. The Hall–Kier alpha value is -2.83. The summed E-state index contributed by atoms with van der Waals surface area (Å²) in [7, 11) is 1.57. The van der Waals surface area contributed by atoms with Crippen molar-refractivity contribution in [2.75, 3.05) is 26.8 Å². The standard InChI is InChI=1S/C17H19N3O4/c1-22-14-5-2-3-6-15(14)23-12-17(21)20-10-8-13(11-20)24-16-7-4-9-18-19-16/h2-7,9,13H,8,10-12H2,1H3/t13-/m1/s1. The van der Waals surface area contributed by atoms with E-state index in [0.29, 0.717) is 30.5 Å². The summed E-state index contributed by atoms with van der Waals surface area (Å²) in [5, 5.41) is 7.67. The number of methoxy groups -OCH3 is 1. The third kappa shape index (κ3) is 3.92. The Morgan fingerprint density at radius 2 is 2.08 bits per heavy atom. The van der Waals surface area contributed by atoms with Gasteiger partial charge in [0.05, 0.1) is 13.7 Å². The number of benzene rings is 1. The number of amides is 1. The van der Waals surface area contributed by atoms with Gasteiger partial charge in [-0.1, -0.05) is 12.1 Å². The second-order valence-electron chi connectivity index (χ2n) is 5.37. The quantitative estimate of drug-likeness (QED) is 0.800. The van der Waals surface area contributed by atoms with Gasteiger partial charge in [-0.15, -0.1) is 5.10 Å². The maximum Gasteiger partial charge on any atom is 0.260 e. The summed E-state index contributed by atoms with van der Waals surface area (Å²) in [4.78, 5) is 14.0. The van der Waals surface area contributed by atoms with Crippen molar-refractivity contribution in [3.8, 4) is 17.4 Å². The fourth-order valence-corrected chi connectivity index (χ4v) is 2.54. The van der Waals surface area contributed by atoms with Gasteiger partial charge in [0, 0.05) is 25.2 Å². The Labute approximate surface area is 140 Å². The largest absolute Gasteiger partial charge is 0.493 e. The number of para-hydroxylation sites is 2. The molecule has 3 rings (SSSR count). The molecule has 0 aliphatic carbocycles. The highest BCUT2D eigenvalue weighted by Crippen LogP contribution is 2.26. The molecular weight excluding hydrogens is 310 g/mol. The number of rotatable bonds is 6. The molecule has 0 saturated carbocycles. The fourth-order valence-electron chi connectivity index (χ4n) is 2.54. The lowest BCUT2D eigenvalue weighted by Gasteiger charge is -2.17. The summed E-state index contributed by atoms with van der Waals surface area (Å²) in [6, 6.07) is 10.8. The lowest BCUT2D eigenvalue weighted by molar-refractivity contribution is -0.132. The van der Waals surface area contributed by atoms with Crippen LogP contribution in [0.25, 0.3) is 0 Å². The summed E-state index contributed by atoms with van der Waals surface area (Å²) >= 11 is 0. The molecule has 0 unspecified atom stereocenters. The van der Waals surface area contributed by atoms with Crippen molar-refractivity contribution < 1.29 is 19.0 Å². The van der Waals surface area contributed by atoms with Gasteiger partial charge in [0.1, 0.15) is 6.10 Å². The van der Waals surface area contributed by atoms with E-state index in [9.17, 15) is 4.79 Å². The number of hydrogen-bond acceptors (Lipinski definition) is 6. The van der Waals surface area contributed by atoms with Crippen LogP contribution in [-0.4, -0.2) is 53.9 Å². The van der Waals surface area contributed by atoms with Crippen molar-refractivity contribution in [3.63, 3.8) is 0 Å². The molecule has 0 spiro atoms. The molecule has 1 atom stereocenters. The van der Waals surface area contributed by atoms with Crippen LogP contribution in [0.3, 0.4) is 0 Å². The Morgan fingerprint density at radius 3 is 2.83 bits per heavy atom. The van der Waals surface area contributed by atoms with Crippen LogP contribution in [0.2, 0.25) is 0 Å². The molecule has 1 aromatic carbocycles. The van der Waals surface area contributed by atoms with Crippen molar-refractivity contribution >= 4 is 5.91 Å². The van der Waals surface area contributed by atoms with Crippen LogP contribution >= 0.6 is 0 Å². The van der Waals surface area contributed by atoms with Crippen molar-refractivity contribution in [2.45, 2.75) is 12.5 Å². The fraction of sp³-hybridized carbons (Fsp3) is 0.353. The average molecular weight is 329 g/mol. The number of carbonyl (C=O) groups excluding carboxylic acids is 1. The maximum absolute atomic E-state index is 12.3. The molecule has 0 radical (unpaired) electrons. The third-order valence-corrected chi connectivity index (χ3v) is 3.75. The minimum Gasteiger partial charge on any atom is -0.493 e. The lowest BCUT2D eigenvalue weighted by Crippen LogP contribution is -2.34. The monoisotopic (exact) mass is 329 g/mol. The SMILES string of the molecule is COc1ccccc1OCC(=O)N1CC[C@@H](Oc2cccnn2)C1. The van der Waals surface area contributed by atoms with Crippen LogP contribution < -0.4 is 14.2 Å². The third-order valence-electron chi connectivity index (χ3n) is 3.75. The highest BCUT2D eigenvalue weighted by molar-refractivity contribution is 5.78. The van der Waals surface area contributed by atoms with Gasteiger partial charge in [0.2, 0.25) is 5.88 Å². The molecule has 0 bridgehead atoms. The van der Waals surface area contributed by atoms with Crippen LogP contribution in [-0.2, 0) is 4.79 Å². The molecule has 0 N–H and O–H groups in total. The van der Waals surface area contributed by atoms with E-state index in [0.717, 1.165) is 6.42 Å². The van der Waals surface area contributed by atoms with Crippen LogP contribution in [0.4, 0.5) is 0 Å². The normalized spacial score (nSPS) is 16.7. The molecule has 24 heavy (non-hydrogen) atoms. The van der Waals surface area contributed by atoms with Gasteiger partial charge in [0.25, 0.3) is 5.91 Å². The van der Waals surface area contributed by atoms with Gasteiger partial charge in [-0.2, -0.15) is 5.10 Å². The zero-order valence-corrected chi connectivity index (χ0v) is 13.4. The molecule has 1 saturated heterocycles. The molecular formula is C17H19N3O4. The van der Waals surface area contributed by atoms with Crippen LogP contribution in [0.1, 0.15) is 6.42 Å². The zero-order valence-electron chi connectivity index (χ0n) is 13.4. The second-order valence-corrected chi connectivity index (χ2v) is 5.37. The van der Waals surface area contributed by atoms with Gasteiger partial charge >= 0.3 is 0 Å². The molecule has 7 nitrogen and oxygen atoms in total. The van der Waals surface area contributed by atoms with Crippen LogP contribution in [0, 0.1) is 0 Å². The highest BCUT2D eigenvalue weighted by Gasteiger charge is 2.28. The molecule has 126 valence electrons. The first-order valence-corrected chi connectivity index (χ1v) is 7.74. The summed E-state index contributed by atoms with van der Waals surface area (Å²) in [6.07, 6.45) is 2.28. The predicted molar refractivity (Wildman–Crippen MR) is 86.1 cm³/mol. The maximum atomic E-state index is 12.3. The van der Waals surface area contributed by atoms with Gasteiger partial charge in [-0.05, 0) is 18.2 Å². The van der Waals surface area contributed by atoms with E-state index in [1.165, 1.54) is 0 Å². The van der Waals surface area contributed by atoms with Gasteiger partial charge < -0.3 is 19.1 Å². The van der Waals surface area contributed by atoms with Crippen molar-refractivity contribution in [3.05, 3.63) is 42.6 Å². The van der Waals surface area contributed by atoms with E-state index in [1.54, 1.807) is 42.5 Å². The number of hydrogen-bond donors (Lipinski definition) is 0. The number of carbonyl (C=O) groups is 1. The Balaban J connectivity index is 1.49. The number of aromatic nitrogens is 2. The summed E-state index contributed by atoms with van der Waals surface area (Å²) in [6.45, 7) is 1.13. The Bertz CT molecular complexity index is 681. The lowest BCUT2D eigenvalue weighted by atomic mass is 10.3.